The number of hydrogen-bond acceptors (Lipinski definition) is 12. The van der Waals surface area contributed by atoms with Crippen molar-refractivity contribution in [2.45, 2.75) is 118 Å². The second-order valence-electron chi connectivity index (χ2n) is 15.1. The molecule has 381 valence electrons. The summed E-state index contributed by atoms with van der Waals surface area (Å²) in [4.78, 5) is 6.31. The van der Waals surface area contributed by atoms with E-state index in [4.69, 9.17) is 15.2 Å². The topological polar surface area (TPSA) is 145 Å². The Morgan fingerprint density at radius 3 is 1.46 bits per heavy atom. The first-order valence-corrected chi connectivity index (χ1v) is 26.7. The number of nitrogen functional groups attached to an aromatic ring is 1. The number of anilines is 1. The van der Waals surface area contributed by atoms with E-state index in [2.05, 4.69) is 56.5 Å². The van der Waals surface area contributed by atoms with Gasteiger partial charge >= 0.3 is 0 Å². The van der Waals surface area contributed by atoms with Gasteiger partial charge in [-0.15, -0.1) is 12.6 Å². The second-order valence-corrected chi connectivity index (χ2v) is 21.6. The molecule has 0 aliphatic carbocycles. The van der Waals surface area contributed by atoms with Gasteiger partial charge in [0.15, 0.2) is 9.84 Å². The van der Waals surface area contributed by atoms with Gasteiger partial charge < -0.3 is 20.3 Å². The van der Waals surface area contributed by atoms with Crippen molar-refractivity contribution < 1.29 is 64.1 Å². The molecule has 6 aromatic rings. The van der Waals surface area contributed by atoms with Crippen LogP contribution in [0.4, 0.5) is 11.4 Å². The molecule has 5 radical (unpaired) electrons. The fraction of sp³-hybridized carbons (Fsp3) is 0.315. The third kappa shape index (κ3) is 26.6. The van der Waals surface area contributed by atoms with E-state index in [-0.39, 0.29) is 53.3 Å². The Hall–Kier alpha value is -3.85. The van der Waals surface area contributed by atoms with Gasteiger partial charge in [0, 0.05) is 80.7 Å². The maximum Gasteiger partial charge on any atom is 0.234 e. The molecule has 0 atom stereocenters. The van der Waals surface area contributed by atoms with Crippen LogP contribution in [0.1, 0.15) is 84.3 Å². The minimum atomic E-state index is -3.41. The molecule has 0 saturated heterocycles. The molecule has 0 bridgehead atoms. The molecule has 6 aromatic carbocycles. The number of phenols is 1. The van der Waals surface area contributed by atoms with Gasteiger partial charge in [-0.1, -0.05) is 76.2 Å². The summed E-state index contributed by atoms with van der Waals surface area (Å²) in [5.41, 5.74) is 17.5. The van der Waals surface area contributed by atoms with Crippen LogP contribution < -0.4 is 15.2 Å². The summed E-state index contributed by atoms with van der Waals surface area (Å²) in [6.07, 6.45) is 1.21. The standard InChI is InChI=1S/C16H18O3S2.C9H9NOS.C9H12OS.C8H11N.C8H10O2S.C2H6.2CH4.B2.Y/c1-11-5-7-14(8-6-11)21(17,18)20-16-10-12(2)15(19-4)9-13(16)3;1-6-4-9(11)7(2)3-8(6)10-5-12;1-6-5-9(11)7(2)4-8(6)10-3;1-6-3-4-7(2)8(9)5-6;1-7-3-5-8(6-4-7)11(2,9)10;1-2;;;1-2;/h5-10H,1-4H3;3-4,11H,1-2H3;4-5,11H,1-3H3;3-5H,9H2,1-2H3;3-6H,1-2H3;1-2H3;2*1H4;;. The third-order valence-corrected chi connectivity index (χ3v) is 14.6. The van der Waals surface area contributed by atoms with Crippen LogP contribution in [0.15, 0.2) is 128 Å². The van der Waals surface area contributed by atoms with Gasteiger partial charge in [0.05, 0.1) is 34.9 Å². The number of thiol groups is 1. The molecule has 0 saturated carbocycles. The molecule has 0 unspecified atom stereocenters. The third-order valence-electron chi connectivity index (χ3n) is 9.48. The number of nitrogens with two attached hydrogens (primary N) is 1. The number of methoxy groups -OCH3 is 2. The predicted molar refractivity (Wildman–Crippen MR) is 310 cm³/mol. The van der Waals surface area contributed by atoms with E-state index in [1.54, 1.807) is 74.9 Å². The monoisotopic (exact) mass is 1130 g/mol. The number of sulfone groups is 1. The summed E-state index contributed by atoms with van der Waals surface area (Å²) in [6, 6.07) is 31.0. The number of nitrogens with zero attached hydrogens (tertiary/aromatic N) is 1. The maximum atomic E-state index is 12.5. The number of thiocarbonyl (C=S) groups is 1. The van der Waals surface area contributed by atoms with E-state index < -0.39 is 18.7 Å². The van der Waals surface area contributed by atoms with Crippen LogP contribution in [0.3, 0.4) is 0 Å². The van der Waals surface area contributed by atoms with Gasteiger partial charge in [0.1, 0.15) is 17.2 Å². The Kier molecular flexibility index (Phi) is 38.4. The van der Waals surface area contributed by atoms with Crippen molar-refractivity contribution in [3.8, 4) is 17.2 Å². The fourth-order valence-corrected chi connectivity index (χ4v) is 9.51. The Labute approximate surface area is 471 Å². The zero-order valence-corrected chi connectivity index (χ0v) is 49.5. The van der Waals surface area contributed by atoms with Crippen LogP contribution >= 0.6 is 35.6 Å². The summed E-state index contributed by atoms with van der Waals surface area (Å²) >= 11 is 8.79. The number of phenolic OH excluding ortho intramolecular Hbond substituents is 1. The van der Waals surface area contributed by atoms with Crippen molar-refractivity contribution in [2.75, 3.05) is 26.2 Å². The van der Waals surface area contributed by atoms with E-state index >= 15 is 0 Å². The summed E-state index contributed by atoms with van der Waals surface area (Å²) in [6.45, 7) is 23.4. The van der Waals surface area contributed by atoms with Crippen LogP contribution in [0.2, 0.25) is 0 Å². The molecular weight excluding hydrogens is 1060 g/mol. The molecule has 0 amide bonds. The van der Waals surface area contributed by atoms with Crippen LogP contribution in [0.25, 0.3) is 0 Å². The molecule has 71 heavy (non-hydrogen) atoms. The van der Waals surface area contributed by atoms with Gasteiger partial charge in [-0.2, -0.15) is 4.99 Å². The fourth-order valence-electron chi connectivity index (χ4n) is 5.44. The quantitative estimate of drug-likeness (QED) is 0.0353. The number of hydrogen-bond donors (Lipinski definition) is 3. The van der Waals surface area contributed by atoms with Crippen molar-refractivity contribution in [1.29, 1.82) is 0 Å². The van der Waals surface area contributed by atoms with Gasteiger partial charge in [-0.05, 0) is 193 Å². The molecule has 0 aliphatic heterocycles. The summed E-state index contributed by atoms with van der Waals surface area (Å²) in [7, 11) is 5.74. The predicted octanol–water partition coefficient (Wildman–Crippen LogP) is 14.3. The van der Waals surface area contributed by atoms with Gasteiger partial charge in [-0.3, -0.25) is 0 Å². The van der Waals surface area contributed by atoms with Crippen LogP contribution in [0, 0.1) is 69.2 Å². The van der Waals surface area contributed by atoms with Crippen molar-refractivity contribution in [3.05, 3.63) is 159 Å². The molecule has 6 rings (SSSR count). The number of benzene rings is 6. The van der Waals surface area contributed by atoms with Crippen molar-refractivity contribution >= 4 is 86.4 Å². The first kappa shape index (κ1) is 73.7. The van der Waals surface area contributed by atoms with E-state index in [0.29, 0.717) is 9.79 Å². The minimum Gasteiger partial charge on any atom is -0.508 e. The number of aromatic hydroxyl groups is 1. The largest absolute Gasteiger partial charge is 0.508 e. The van der Waals surface area contributed by atoms with E-state index in [9.17, 15) is 21.9 Å². The molecular formula is C54H74B2N2O7S5Y. The second kappa shape index (κ2) is 37.0. The zero-order valence-electron chi connectivity index (χ0n) is 42.5. The smallest absolute Gasteiger partial charge is 0.234 e. The molecule has 0 aromatic heterocycles. The Balaban J connectivity index is -0.000000397. The zero-order chi connectivity index (χ0) is 52.5. The average Bonchev–Trinajstić information content (AvgIpc) is 3.29. The maximum absolute atomic E-state index is 12.5. The van der Waals surface area contributed by atoms with E-state index in [0.717, 1.165) is 93.5 Å². The molecule has 3 N–H and O–H groups in total. The van der Waals surface area contributed by atoms with Crippen molar-refractivity contribution in [2.24, 2.45) is 4.99 Å². The average molecular weight is 1130 g/mol. The van der Waals surface area contributed by atoms with Crippen molar-refractivity contribution in [3.63, 3.8) is 0 Å². The number of aryl methyl sites for hydroxylation is 10. The number of rotatable bonds is 7. The van der Waals surface area contributed by atoms with Crippen LogP contribution in [-0.2, 0) is 51.4 Å². The normalized spacial score (nSPS) is 9.58. The molecule has 0 spiro atoms. The number of ether oxygens (including phenoxy) is 2. The Morgan fingerprint density at radius 1 is 0.606 bits per heavy atom. The molecule has 0 fully saturated rings. The SMILES string of the molecule is C.C.CC.COc1cc(C)c(S)cc1C.COc1cc(C)c(SS(=O)(=O)c2ccc(C)cc2)cc1C.Cc1cc(N=C=S)c(C)cc1O.Cc1ccc(C)c(N)c1.Cc1ccc(S(C)(=O)=O)cc1.[B][B].[Y]. The van der Waals surface area contributed by atoms with Crippen LogP contribution in [-0.4, -0.2) is 63.1 Å². The molecule has 9 nitrogen and oxygen atoms in total. The summed E-state index contributed by atoms with van der Waals surface area (Å²) in [5.74, 6) is 1.99. The molecule has 0 aliphatic rings. The first-order chi connectivity index (χ1) is 31.8. The molecule has 17 heteroatoms. The first-order valence-electron chi connectivity index (χ1n) is 21.1. The van der Waals surface area contributed by atoms with Crippen molar-refractivity contribution in [1.82, 2.24) is 0 Å². The number of aliphatic imine (C=N–C) groups is 1. The Morgan fingerprint density at radius 2 is 1.04 bits per heavy atom. The van der Waals surface area contributed by atoms with E-state index in [1.165, 1.54) is 11.8 Å². The molecule has 0 heterocycles. The summed E-state index contributed by atoms with van der Waals surface area (Å²) in [5, 5.41) is 11.6. The minimum absolute atomic E-state index is 0. The number of isothiocyanates is 1. The van der Waals surface area contributed by atoms with Gasteiger partial charge in [0.25, 0.3) is 0 Å². The van der Waals surface area contributed by atoms with Gasteiger partial charge in [0.2, 0.25) is 8.87 Å². The van der Waals surface area contributed by atoms with Gasteiger partial charge in [-0.25, -0.2) is 16.8 Å². The van der Waals surface area contributed by atoms with Crippen LogP contribution in [0.5, 0.6) is 17.2 Å². The van der Waals surface area contributed by atoms with E-state index in [1.807, 2.05) is 119 Å². The summed E-state index contributed by atoms with van der Waals surface area (Å²) < 4.78 is 57.2. The Bertz CT molecular complexity index is 2810.